The van der Waals surface area contributed by atoms with Crippen LogP contribution in [0.4, 0.5) is 0 Å². The Hall–Kier alpha value is -0.000000000000000111. The predicted octanol–water partition coefficient (Wildman–Crippen LogP) is 4.15. The van der Waals surface area contributed by atoms with E-state index in [2.05, 4.69) is 0 Å². The van der Waals surface area contributed by atoms with Crippen molar-refractivity contribution in [3.05, 3.63) is 27.7 Å². The Kier molecular flexibility index (Phi) is 5.96. The third-order valence-corrected chi connectivity index (χ3v) is 6.19. The second-order valence-corrected chi connectivity index (χ2v) is 7.33. The van der Waals surface area contributed by atoms with Crippen LogP contribution in [0.2, 0.25) is 10.0 Å². The van der Waals surface area contributed by atoms with Gasteiger partial charge in [-0.1, -0.05) is 30.1 Å². The SMILES string of the molecule is CCC(C)N(C)S(=O)(=O)c1cc(CCl)c(Cl)cc1Cl. The zero-order chi connectivity index (χ0) is 14.8. The van der Waals surface area contributed by atoms with Crippen molar-refractivity contribution in [1.29, 1.82) is 0 Å². The van der Waals surface area contributed by atoms with Gasteiger partial charge in [-0.05, 0) is 31.0 Å². The molecule has 1 unspecified atom stereocenters. The minimum Gasteiger partial charge on any atom is -0.207 e. The van der Waals surface area contributed by atoms with Crippen LogP contribution in [-0.4, -0.2) is 25.8 Å². The van der Waals surface area contributed by atoms with Crippen LogP contribution in [0.5, 0.6) is 0 Å². The number of rotatable bonds is 5. The molecule has 0 heterocycles. The first kappa shape index (κ1) is 17.1. The summed E-state index contributed by atoms with van der Waals surface area (Å²) in [6.45, 7) is 3.76. The summed E-state index contributed by atoms with van der Waals surface area (Å²) in [4.78, 5) is 0.0389. The van der Waals surface area contributed by atoms with Gasteiger partial charge in [0, 0.05) is 24.0 Å². The van der Waals surface area contributed by atoms with Crippen molar-refractivity contribution >= 4 is 44.8 Å². The topological polar surface area (TPSA) is 37.4 Å². The van der Waals surface area contributed by atoms with Crippen LogP contribution < -0.4 is 0 Å². The van der Waals surface area contributed by atoms with Crippen molar-refractivity contribution in [3.63, 3.8) is 0 Å². The highest BCUT2D eigenvalue weighted by Gasteiger charge is 2.27. The summed E-state index contributed by atoms with van der Waals surface area (Å²) in [5.41, 5.74) is 0.545. The fourth-order valence-electron chi connectivity index (χ4n) is 1.52. The molecule has 108 valence electrons. The van der Waals surface area contributed by atoms with Gasteiger partial charge in [0.05, 0.1) is 5.02 Å². The maximum Gasteiger partial charge on any atom is 0.244 e. The number of nitrogens with zero attached hydrogens (tertiary/aromatic N) is 1. The van der Waals surface area contributed by atoms with Gasteiger partial charge in [-0.25, -0.2) is 8.42 Å². The van der Waals surface area contributed by atoms with Gasteiger partial charge in [0.1, 0.15) is 4.90 Å². The molecule has 7 heteroatoms. The quantitative estimate of drug-likeness (QED) is 0.752. The summed E-state index contributed by atoms with van der Waals surface area (Å²) in [5.74, 6) is 0.131. The number of hydrogen-bond acceptors (Lipinski definition) is 2. The van der Waals surface area contributed by atoms with Gasteiger partial charge in [-0.2, -0.15) is 4.31 Å². The van der Waals surface area contributed by atoms with Crippen LogP contribution in [0.25, 0.3) is 0 Å². The number of sulfonamides is 1. The molecule has 0 radical (unpaired) electrons. The summed E-state index contributed by atoms with van der Waals surface area (Å²) in [5, 5.41) is 0.471. The zero-order valence-corrected chi connectivity index (χ0v) is 14.0. The highest BCUT2D eigenvalue weighted by molar-refractivity contribution is 7.89. The van der Waals surface area contributed by atoms with Crippen molar-refractivity contribution in [1.82, 2.24) is 4.31 Å². The van der Waals surface area contributed by atoms with E-state index in [0.29, 0.717) is 17.0 Å². The fourth-order valence-corrected chi connectivity index (χ4v) is 4.08. The van der Waals surface area contributed by atoms with Crippen molar-refractivity contribution in [3.8, 4) is 0 Å². The summed E-state index contributed by atoms with van der Waals surface area (Å²) < 4.78 is 26.3. The number of halogens is 3. The molecule has 0 fully saturated rings. The first-order valence-electron chi connectivity index (χ1n) is 5.77. The molecule has 0 N–H and O–H groups in total. The number of hydrogen-bond donors (Lipinski definition) is 0. The van der Waals surface area contributed by atoms with Gasteiger partial charge < -0.3 is 0 Å². The molecule has 0 aliphatic rings. The third kappa shape index (κ3) is 3.56. The molecule has 0 saturated carbocycles. The first-order valence-corrected chi connectivity index (χ1v) is 8.50. The average Bonchev–Trinajstić information content (AvgIpc) is 2.36. The molecule has 0 spiro atoms. The smallest absolute Gasteiger partial charge is 0.207 e. The molecule has 0 bridgehead atoms. The normalized spacial score (nSPS) is 13.8. The molecule has 0 amide bonds. The van der Waals surface area contributed by atoms with Crippen molar-refractivity contribution < 1.29 is 8.42 Å². The van der Waals surface area contributed by atoms with Crippen LogP contribution in [0.1, 0.15) is 25.8 Å². The van der Waals surface area contributed by atoms with E-state index in [1.54, 1.807) is 0 Å². The van der Waals surface area contributed by atoms with Gasteiger partial charge >= 0.3 is 0 Å². The second kappa shape index (κ2) is 6.64. The lowest BCUT2D eigenvalue weighted by molar-refractivity contribution is 0.380. The summed E-state index contributed by atoms with van der Waals surface area (Å²) in [6, 6.07) is 2.74. The van der Waals surface area contributed by atoms with E-state index in [1.165, 1.54) is 23.5 Å². The van der Waals surface area contributed by atoms with Crippen LogP contribution in [0.3, 0.4) is 0 Å². The lowest BCUT2D eigenvalue weighted by Crippen LogP contribution is -2.34. The van der Waals surface area contributed by atoms with Gasteiger partial charge in [0.25, 0.3) is 0 Å². The van der Waals surface area contributed by atoms with Crippen molar-refractivity contribution in [2.45, 2.75) is 37.1 Å². The summed E-state index contributed by atoms with van der Waals surface area (Å²) in [6.07, 6.45) is 0.712. The van der Waals surface area contributed by atoms with Gasteiger partial charge in [-0.3, -0.25) is 0 Å². The summed E-state index contributed by atoms with van der Waals surface area (Å²) in [7, 11) is -2.11. The molecule has 19 heavy (non-hydrogen) atoms. The Balaban J connectivity index is 3.36. The maximum atomic E-state index is 12.5. The molecule has 1 aromatic rings. The number of benzene rings is 1. The minimum absolute atomic E-state index is 0.0389. The van der Waals surface area contributed by atoms with E-state index in [1.807, 2.05) is 13.8 Å². The van der Waals surface area contributed by atoms with E-state index < -0.39 is 10.0 Å². The van der Waals surface area contributed by atoms with Crippen LogP contribution in [0.15, 0.2) is 17.0 Å². The Labute approximate surface area is 129 Å². The van der Waals surface area contributed by atoms with E-state index in [-0.39, 0.29) is 21.8 Å². The monoisotopic (exact) mass is 343 g/mol. The van der Waals surface area contributed by atoms with Crippen molar-refractivity contribution in [2.24, 2.45) is 0 Å². The van der Waals surface area contributed by atoms with E-state index in [0.717, 1.165) is 0 Å². The van der Waals surface area contributed by atoms with Gasteiger partial charge in [0.2, 0.25) is 10.0 Å². The molecule has 0 aliphatic heterocycles. The number of alkyl halides is 1. The third-order valence-electron chi connectivity index (χ3n) is 3.11. The maximum absolute atomic E-state index is 12.5. The van der Waals surface area contributed by atoms with E-state index >= 15 is 0 Å². The molecule has 0 aliphatic carbocycles. The molecule has 1 rings (SSSR count). The van der Waals surface area contributed by atoms with Gasteiger partial charge in [-0.15, -0.1) is 11.6 Å². The van der Waals surface area contributed by atoms with Crippen LogP contribution in [-0.2, 0) is 15.9 Å². The highest BCUT2D eigenvalue weighted by atomic mass is 35.5. The average molecular weight is 345 g/mol. The predicted molar refractivity (Wildman–Crippen MR) is 80.7 cm³/mol. The van der Waals surface area contributed by atoms with E-state index in [4.69, 9.17) is 34.8 Å². The lowest BCUT2D eigenvalue weighted by atomic mass is 10.2. The Morgan fingerprint density at radius 3 is 2.32 bits per heavy atom. The highest BCUT2D eigenvalue weighted by Crippen LogP contribution is 2.31. The van der Waals surface area contributed by atoms with Crippen LogP contribution in [0, 0.1) is 0 Å². The molecule has 1 atom stereocenters. The zero-order valence-electron chi connectivity index (χ0n) is 11.0. The standard InChI is InChI=1S/C12H16Cl3NO2S/c1-4-8(2)16(3)19(17,18)12-5-9(7-13)10(14)6-11(12)15/h5-6,8H,4,7H2,1-3H3. The minimum atomic E-state index is -3.65. The Morgan fingerprint density at radius 1 is 1.26 bits per heavy atom. The van der Waals surface area contributed by atoms with Gasteiger partial charge in [0.15, 0.2) is 0 Å². The fraction of sp³-hybridized carbons (Fsp3) is 0.500. The largest absolute Gasteiger partial charge is 0.244 e. The second-order valence-electron chi connectivity index (χ2n) is 4.29. The Bertz CT molecular complexity index is 560. The first-order chi connectivity index (χ1) is 8.75. The molecule has 1 aromatic carbocycles. The molecule has 0 saturated heterocycles. The summed E-state index contributed by atoms with van der Waals surface area (Å²) >= 11 is 17.7. The Morgan fingerprint density at radius 2 is 1.84 bits per heavy atom. The molecular weight excluding hydrogens is 329 g/mol. The molecule has 0 aromatic heterocycles. The molecule has 3 nitrogen and oxygen atoms in total. The van der Waals surface area contributed by atoms with Crippen LogP contribution >= 0.6 is 34.8 Å². The van der Waals surface area contributed by atoms with E-state index in [9.17, 15) is 8.42 Å². The molecular formula is C12H16Cl3NO2S. The lowest BCUT2D eigenvalue weighted by Gasteiger charge is -2.24. The van der Waals surface area contributed by atoms with Crippen molar-refractivity contribution in [2.75, 3.05) is 7.05 Å².